The quantitative estimate of drug-likeness (QED) is 0.240. The van der Waals surface area contributed by atoms with Crippen LogP contribution in [-0.4, -0.2) is 11.9 Å². The molecule has 7 heteroatoms. The first kappa shape index (κ1) is 15.4. The summed E-state index contributed by atoms with van der Waals surface area (Å²) >= 11 is 6.39. The van der Waals surface area contributed by atoms with Crippen LogP contribution in [0.4, 0.5) is 0 Å². The first-order valence-corrected chi connectivity index (χ1v) is 7.69. The van der Waals surface area contributed by atoms with Crippen LogP contribution in [0.3, 0.4) is 0 Å². The van der Waals surface area contributed by atoms with Crippen LogP contribution in [0, 0.1) is 10.7 Å². The molecule has 92 valence electrons. The molecule has 0 unspecified atom stereocenters. The summed E-state index contributed by atoms with van der Waals surface area (Å²) in [6, 6.07) is 3.64. The van der Waals surface area contributed by atoms with E-state index in [4.69, 9.17) is 4.74 Å². The fourth-order valence-corrected chi connectivity index (χ4v) is 3.04. The summed E-state index contributed by atoms with van der Waals surface area (Å²) in [5, 5.41) is 10.2. The zero-order valence-corrected chi connectivity index (χ0v) is 14.8. The van der Waals surface area contributed by atoms with Gasteiger partial charge in [-0.2, -0.15) is 0 Å². The van der Waals surface area contributed by atoms with Gasteiger partial charge in [-0.3, -0.25) is 4.79 Å². The number of esters is 1. The number of carbonyl (C=O) groups is 2. The van der Waals surface area contributed by atoms with Gasteiger partial charge in [0.05, 0.1) is 9.99 Å². The van der Waals surface area contributed by atoms with Gasteiger partial charge in [-0.05, 0) is 86.3 Å². The summed E-state index contributed by atoms with van der Waals surface area (Å²) in [6.07, 6.45) is -0.502. The Morgan fingerprint density at radius 2 is 1.65 bits per heavy atom. The molecule has 0 fully saturated rings. The molecule has 0 amide bonds. The molecule has 0 aliphatic rings. The third-order valence-electron chi connectivity index (χ3n) is 1.73. The van der Waals surface area contributed by atoms with Crippen LogP contribution in [-0.2, 0) is 9.59 Å². The summed E-state index contributed by atoms with van der Waals surface area (Å²) in [5.41, 5.74) is 0. The maximum atomic E-state index is 11.3. The van der Waals surface area contributed by atoms with Gasteiger partial charge < -0.3 is 14.6 Å². The van der Waals surface area contributed by atoms with Crippen molar-refractivity contribution in [1.82, 2.24) is 0 Å². The number of aliphatic carboxylic acids is 1. The van der Waals surface area contributed by atoms with Crippen LogP contribution in [0.5, 0.6) is 5.75 Å². The molecular weight excluding hydrogens is 565 g/mol. The fourth-order valence-electron chi connectivity index (χ4n) is 0.960. The topological polar surface area (TPSA) is 66.4 Å². The summed E-state index contributed by atoms with van der Waals surface area (Å²) in [7, 11) is 0. The van der Waals surface area contributed by atoms with E-state index in [1.165, 1.54) is 0 Å². The van der Waals surface area contributed by atoms with Gasteiger partial charge in [0, 0.05) is 13.1 Å². The van der Waals surface area contributed by atoms with Gasteiger partial charge in [0.1, 0.15) is 5.75 Å². The molecule has 1 rings (SSSR count). The average Bonchev–Trinajstić information content (AvgIpc) is 2.23. The molecule has 4 nitrogen and oxygen atoms in total. The Kier molecular flexibility index (Phi) is 6.40. The molecule has 0 aliphatic heterocycles. The number of ether oxygens (including phenoxy) is 1. The molecule has 0 spiro atoms. The first-order valence-electron chi connectivity index (χ1n) is 4.45. The van der Waals surface area contributed by atoms with Gasteiger partial charge in [0.15, 0.2) is 0 Å². The fraction of sp³-hybridized carbons (Fsp3) is 0.200. The van der Waals surface area contributed by atoms with Crippen LogP contribution in [0.25, 0.3) is 0 Å². The Balaban J connectivity index is 2.71. The van der Waals surface area contributed by atoms with Crippen LogP contribution < -0.4 is 9.84 Å². The molecule has 0 saturated carbocycles. The highest BCUT2D eigenvalue weighted by Crippen LogP contribution is 2.27. The second kappa shape index (κ2) is 7.07. The highest BCUT2D eigenvalue weighted by molar-refractivity contribution is 14.1. The molecule has 0 heterocycles. The van der Waals surface area contributed by atoms with Crippen molar-refractivity contribution in [2.24, 2.45) is 0 Å². The number of hydrogen-bond acceptors (Lipinski definition) is 4. The summed E-state index contributed by atoms with van der Waals surface area (Å²) in [4.78, 5) is 21.5. The molecule has 0 radical (unpaired) electrons. The highest BCUT2D eigenvalue weighted by atomic mass is 127. The van der Waals surface area contributed by atoms with E-state index in [1.807, 2.05) is 6.07 Å². The van der Waals surface area contributed by atoms with E-state index >= 15 is 0 Å². The predicted molar refractivity (Wildman–Crippen MR) is 84.5 cm³/mol. The lowest BCUT2D eigenvalue weighted by molar-refractivity contribution is -0.305. The largest absolute Gasteiger partial charge is 0.550 e. The smallest absolute Gasteiger partial charge is 0.311 e. The Hall–Kier alpha value is 0.350. The van der Waals surface area contributed by atoms with E-state index in [0.717, 1.165) is 10.7 Å². The molecule has 0 N–H and O–H groups in total. The van der Waals surface area contributed by atoms with Crippen LogP contribution in [0.2, 0.25) is 0 Å². The van der Waals surface area contributed by atoms with Crippen molar-refractivity contribution in [2.45, 2.75) is 12.8 Å². The number of rotatable bonds is 4. The molecular formula is C10H6I3O4-. The van der Waals surface area contributed by atoms with Gasteiger partial charge in [-0.1, -0.05) is 0 Å². The van der Waals surface area contributed by atoms with Crippen molar-refractivity contribution >= 4 is 79.7 Å². The predicted octanol–water partition coefficient (Wildman–Crippen LogP) is 1.94. The van der Waals surface area contributed by atoms with Crippen molar-refractivity contribution in [3.63, 3.8) is 0 Å². The maximum Gasteiger partial charge on any atom is 0.311 e. The highest BCUT2D eigenvalue weighted by Gasteiger charge is 2.10. The summed E-state index contributed by atoms with van der Waals surface area (Å²) in [6.45, 7) is 0. The minimum Gasteiger partial charge on any atom is -0.550 e. The average molecular weight is 571 g/mol. The lowest BCUT2D eigenvalue weighted by Crippen LogP contribution is -2.23. The van der Waals surface area contributed by atoms with Crippen molar-refractivity contribution in [1.29, 1.82) is 0 Å². The standard InChI is InChI=1S/C10H7I3O4/c11-5-3-7(13)8(4-6(5)12)17-10(16)2-1-9(14)15/h3-4H,1-2H2,(H,14,15)/p-1. The number of halogens is 3. The molecule has 0 bridgehead atoms. The molecule has 0 aromatic heterocycles. The van der Waals surface area contributed by atoms with E-state index in [1.54, 1.807) is 6.07 Å². The van der Waals surface area contributed by atoms with Gasteiger partial charge in [-0.15, -0.1) is 0 Å². The third kappa shape index (κ3) is 5.24. The monoisotopic (exact) mass is 571 g/mol. The van der Waals surface area contributed by atoms with Crippen LogP contribution >= 0.6 is 67.8 Å². The lowest BCUT2D eigenvalue weighted by Gasteiger charge is -2.08. The Bertz CT molecular complexity index is 459. The number of carbonyl (C=O) groups excluding carboxylic acids is 2. The molecule has 1 aromatic rings. The van der Waals surface area contributed by atoms with Crippen molar-refractivity contribution < 1.29 is 19.4 Å². The van der Waals surface area contributed by atoms with Crippen LogP contribution in [0.1, 0.15) is 12.8 Å². The van der Waals surface area contributed by atoms with E-state index in [2.05, 4.69) is 67.8 Å². The molecule has 0 atom stereocenters. The van der Waals surface area contributed by atoms with Gasteiger partial charge in [0.2, 0.25) is 0 Å². The van der Waals surface area contributed by atoms with E-state index in [-0.39, 0.29) is 12.8 Å². The second-order valence-corrected chi connectivity index (χ2v) is 6.53. The molecule has 1 aromatic carbocycles. The Labute approximate surface area is 139 Å². The molecule has 0 saturated heterocycles. The van der Waals surface area contributed by atoms with E-state index in [9.17, 15) is 14.7 Å². The Morgan fingerprint density at radius 3 is 2.24 bits per heavy atom. The molecule has 17 heavy (non-hydrogen) atoms. The minimum atomic E-state index is -1.26. The maximum absolute atomic E-state index is 11.3. The van der Waals surface area contributed by atoms with Crippen molar-refractivity contribution in [2.75, 3.05) is 0 Å². The SMILES string of the molecule is O=C([O-])CCC(=O)Oc1cc(I)c(I)cc1I. The minimum absolute atomic E-state index is 0.180. The summed E-state index contributed by atoms with van der Waals surface area (Å²) in [5.74, 6) is -1.36. The van der Waals surface area contributed by atoms with Crippen molar-refractivity contribution in [3.8, 4) is 5.75 Å². The van der Waals surface area contributed by atoms with Crippen LogP contribution in [0.15, 0.2) is 12.1 Å². The van der Waals surface area contributed by atoms with Crippen molar-refractivity contribution in [3.05, 3.63) is 22.8 Å². The lowest BCUT2D eigenvalue weighted by atomic mass is 10.3. The number of hydrogen-bond donors (Lipinski definition) is 0. The normalized spacial score (nSPS) is 10.1. The second-order valence-electron chi connectivity index (χ2n) is 3.04. The first-order chi connectivity index (χ1) is 7.90. The number of carboxylic acid groups (broad SMARTS) is 1. The zero-order valence-electron chi connectivity index (χ0n) is 8.34. The van der Waals surface area contributed by atoms with Gasteiger partial charge in [0.25, 0.3) is 0 Å². The van der Waals surface area contributed by atoms with Gasteiger partial charge in [-0.25, -0.2) is 0 Å². The third-order valence-corrected chi connectivity index (χ3v) is 5.39. The van der Waals surface area contributed by atoms with E-state index in [0.29, 0.717) is 5.75 Å². The summed E-state index contributed by atoms with van der Waals surface area (Å²) < 4.78 is 7.95. The Morgan fingerprint density at radius 1 is 1.06 bits per heavy atom. The molecule has 0 aliphatic carbocycles. The number of carboxylic acids is 1. The van der Waals surface area contributed by atoms with E-state index < -0.39 is 11.9 Å². The zero-order chi connectivity index (χ0) is 13.0. The van der Waals surface area contributed by atoms with Gasteiger partial charge >= 0.3 is 5.97 Å². The number of benzene rings is 1.